The standard InChI is InChI=1S/C19H22N2O3/c1-20(2)19(22)21-17(14-7-5-4-6-8-14)13-24-18(21)15-9-11-16(23-3)12-10-15/h4-12,17-18H,13H2,1-3H3. The summed E-state index contributed by atoms with van der Waals surface area (Å²) in [5.41, 5.74) is 2.01. The summed E-state index contributed by atoms with van der Waals surface area (Å²) >= 11 is 0. The van der Waals surface area contributed by atoms with E-state index >= 15 is 0 Å². The molecule has 1 aliphatic heterocycles. The van der Waals surface area contributed by atoms with E-state index in [1.165, 1.54) is 0 Å². The number of urea groups is 1. The molecule has 0 saturated carbocycles. The highest BCUT2D eigenvalue weighted by Gasteiger charge is 2.40. The molecule has 1 saturated heterocycles. The van der Waals surface area contributed by atoms with Crippen LogP contribution in [0.5, 0.6) is 5.75 Å². The first-order chi connectivity index (χ1) is 11.6. The molecule has 2 amide bonds. The van der Waals surface area contributed by atoms with Gasteiger partial charge in [0.15, 0.2) is 6.23 Å². The Hall–Kier alpha value is -2.53. The van der Waals surface area contributed by atoms with Crippen molar-refractivity contribution in [1.82, 2.24) is 9.80 Å². The molecule has 2 aromatic rings. The van der Waals surface area contributed by atoms with Gasteiger partial charge in [-0.15, -0.1) is 0 Å². The van der Waals surface area contributed by atoms with Crippen LogP contribution in [0.2, 0.25) is 0 Å². The third kappa shape index (κ3) is 3.08. The van der Waals surface area contributed by atoms with Gasteiger partial charge in [0.2, 0.25) is 0 Å². The van der Waals surface area contributed by atoms with Gasteiger partial charge in [0.05, 0.1) is 19.8 Å². The van der Waals surface area contributed by atoms with Crippen molar-refractivity contribution in [3.8, 4) is 5.75 Å². The number of carbonyl (C=O) groups excluding carboxylic acids is 1. The normalized spacial score (nSPS) is 20.0. The number of rotatable bonds is 3. The maximum atomic E-state index is 12.8. The van der Waals surface area contributed by atoms with E-state index < -0.39 is 6.23 Å². The fourth-order valence-corrected chi connectivity index (χ4v) is 2.93. The predicted molar refractivity (Wildman–Crippen MR) is 91.8 cm³/mol. The highest BCUT2D eigenvalue weighted by atomic mass is 16.5. The molecule has 126 valence electrons. The van der Waals surface area contributed by atoms with Gasteiger partial charge in [-0.05, 0) is 17.7 Å². The second-order valence-electron chi connectivity index (χ2n) is 5.97. The molecule has 1 aliphatic rings. The van der Waals surface area contributed by atoms with Crippen LogP contribution in [0.4, 0.5) is 4.79 Å². The minimum absolute atomic E-state index is 0.0674. The predicted octanol–water partition coefficient (Wildman–Crippen LogP) is 3.45. The van der Waals surface area contributed by atoms with Gasteiger partial charge < -0.3 is 14.4 Å². The van der Waals surface area contributed by atoms with E-state index in [1.54, 1.807) is 31.0 Å². The SMILES string of the molecule is COc1ccc(C2OCC(c3ccccc3)N2C(=O)N(C)C)cc1. The summed E-state index contributed by atoms with van der Waals surface area (Å²) in [7, 11) is 5.15. The Morgan fingerprint density at radius 3 is 2.33 bits per heavy atom. The average molecular weight is 326 g/mol. The fourth-order valence-electron chi connectivity index (χ4n) is 2.93. The molecule has 0 radical (unpaired) electrons. The summed E-state index contributed by atoms with van der Waals surface area (Å²) in [6.45, 7) is 0.473. The second-order valence-corrected chi connectivity index (χ2v) is 5.97. The van der Waals surface area contributed by atoms with Gasteiger partial charge in [-0.2, -0.15) is 0 Å². The first kappa shape index (κ1) is 16.3. The Morgan fingerprint density at radius 1 is 1.08 bits per heavy atom. The van der Waals surface area contributed by atoms with E-state index in [0.29, 0.717) is 6.61 Å². The first-order valence-corrected chi connectivity index (χ1v) is 7.92. The number of carbonyl (C=O) groups is 1. The van der Waals surface area contributed by atoms with Crippen LogP contribution in [-0.4, -0.2) is 43.6 Å². The molecule has 0 spiro atoms. The molecule has 0 N–H and O–H groups in total. The molecule has 0 bridgehead atoms. The van der Waals surface area contributed by atoms with Crippen molar-refractivity contribution >= 4 is 6.03 Å². The van der Waals surface area contributed by atoms with Gasteiger partial charge in [-0.25, -0.2) is 4.79 Å². The molecule has 2 aromatic carbocycles. The summed E-state index contributed by atoms with van der Waals surface area (Å²) in [4.78, 5) is 16.2. The number of benzene rings is 2. The van der Waals surface area contributed by atoms with Crippen molar-refractivity contribution < 1.29 is 14.3 Å². The zero-order chi connectivity index (χ0) is 17.1. The smallest absolute Gasteiger partial charge is 0.322 e. The maximum absolute atomic E-state index is 12.8. The Balaban J connectivity index is 1.94. The number of methoxy groups -OCH3 is 1. The summed E-state index contributed by atoms with van der Waals surface area (Å²) in [5, 5.41) is 0. The van der Waals surface area contributed by atoms with Crippen LogP contribution in [0.15, 0.2) is 54.6 Å². The highest BCUT2D eigenvalue weighted by Crippen LogP contribution is 2.39. The molecule has 2 atom stereocenters. The third-order valence-corrected chi connectivity index (χ3v) is 4.19. The number of amides is 2. The Kier molecular flexibility index (Phi) is 4.71. The average Bonchev–Trinajstić information content (AvgIpc) is 3.06. The summed E-state index contributed by atoms with van der Waals surface area (Å²) in [5.74, 6) is 0.779. The van der Waals surface area contributed by atoms with E-state index in [2.05, 4.69) is 0 Å². The van der Waals surface area contributed by atoms with E-state index in [-0.39, 0.29) is 12.1 Å². The first-order valence-electron chi connectivity index (χ1n) is 7.92. The van der Waals surface area contributed by atoms with Gasteiger partial charge in [-0.3, -0.25) is 4.90 Å². The summed E-state index contributed by atoms with van der Waals surface area (Å²) in [6.07, 6.45) is -0.406. The van der Waals surface area contributed by atoms with Gasteiger partial charge in [0, 0.05) is 19.7 Å². The largest absolute Gasteiger partial charge is 0.497 e. The Labute approximate surface area is 142 Å². The van der Waals surface area contributed by atoms with E-state index in [4.69, 9.17) is 9.47 Å². The molecule has 5 heteroatoms. The molecule has 5 nitrogen and oxygen atoms in total. The molecule has 2 unspecified atom stereocenters. The lowest BCUT2D eigenvalue weighted by molar-refractivity contribution is 0.0407. The molecular weight excluding hydrogens is 304 g/mol. The summed E-state index contributed by atoms with van der Waals surface area (Å²) < 4.78 is 11.2. The number of hydrogen-bond donors (Lipinski definition) is 0. The lowest BCUT2D eigenvalue weighted by Gasteiger charge is -2.31. The van der Waals surface area contributed by atoms with Crippen molar-refractivity contribution in [3.63, 3.8) is 0 Å². The van der Waals surface area contributed by atoms with Crippen LogP contribution in [-0.2, 0) is 4.74 Å². The molecular formula is C19H22N2O3. The number of ether oxygens (including phenoxy) is 2. The van der Waals surface area contributed by atoms with Crippen LogP contribution in [0, 0.1) is 0 Å². The minimum atomic E-state index is -0.406. The highest BCUT2D eigenvalue weighted by molar-refractivity contribution is 5.75. The van der Waals surface area contributed by atoms with Crippen molar-refractivity contribution in [1.29, 1.82) is 0 Å². The lowest BCUT2D eigenvalue weighted by atomic mass is 10.1. The van der Waals surface area contributed by atoms with E-state index in [9.17, 15) is 4.79 Å². The van der Waals surface area contributed by atoms with E-state index in [0.717, 1.165) is 16.9 Å². The number of nitrogens with zero attached hydrogens (tertiary/aromatic N) is 2. The van der Waals surface area contributed by atoms with Crippen LogP contribution >= 0.6 is 0 Å². The lowest BCUT2D eigenvalue weighted by Crippen LogP contribution is -2.40. The zero-order valence-electron chi connectivity index (χ0n) is 14.2. The van der Waals surface area contributed by atoms with Gasteiger partial charge in [0.25, 0.3) is 0 Å². The van der Waals surface area contributed by atoms with Crippen molar-refractivity contribution in [2.75, 3.05) is 27.8 Å². The summed E-state index contributed by atoms with van der Waals surface area (Å²) in [6, 6.07) is 17.5. The van der Waals surface area contributed by atoms with Gasteiger partial charge in [-0.1, -0.05) is 42.5 Å². The van der Waals surface area contributed by atoms with Gasteiger partial charge in [0.1, 0.15) is 5.75 Å². The van der Waals surface area contributed by atoms with Crippen LogP contribution in [0.1, 0.15) is 23.4 Å². The Bertz CT molecular complexity index is 686. The second kappa shape index (κ2) is 6.93. The quantitative estimate of drug-likeness (QED) is 0.867. The topological polar surface area (TPSA) is 42.0 Å². The van der Waals surface area contributed by atoms with E-state index in [1.807, 2.05) is 54.6 Å². The van der Waals surface area contributed by atoms with Crippen LogP contribution < -0.4 is 4.74 Å². The third-order valence-electron chi connectivity index (χ3n) is 4.19. The minimum Gasteiger partial charge on any atom is -0.497 e. The molecule has 1 heterocycles. The van der Waals surface area contributed by atoms with Crippen molar-refractivity contribution in [3.05, 3.63) is 65.7 Å². The molecule has 1 fully saturated rings. The van der Waals surface area contributed by atoms with Gasteiger partial charge >= 0.3 is 6.03 Å². The monoisotopic (exact) mass is 326 g/mol. The molecule has 3 rings (SSSR count). The van der Waals surface area contributed by atoms with Crippen molar-refractivity contribution in [2.45, 2.75) is 12.3 Å². The molecule has 0 aliphatic carbocycles. The molecule has 0 aromatic heterocycles. The maximum Gasteiger partial charge on any atom is 0.322 e. The fraction of sp³-hybridized carbons (Fsp3) is 0.316. The van der Waals surface area contributed by atoms with Crippen LogP contribution in [0.25, 0.3) is 0 Å². The Morgan fingerprint density at radius 2 is 1.75 bits per heavy atom. The number of hydrogen-bond acceptors (Lipinski definition) is 3. The zero-order valence-corrected chi connectivity index (χ0v) is 14.2. The molecule has 24 heavy (non-hydrogen) atoms. The van der Waals surface area contributed by atoms with Crippen LogP contribution in [0.3, 0.4) is 0 Å². The van der Waals surface area contributed by atoms with Crippen molar-refractivity contribution in [2.24, 2.45) is 0 Å².